The maximum atomic E-state index is 12.1. The normalized spacial score (nSPS) is 16.0. The zero-order chi connectivity index (χ0) is 23.9. The molecule has 1 unspecified atom stereocenters. The van der Waals surface area contributed by atoms with Crippen molar-refractivity contribution in [3.63, 3.8) is 0 Å². The van der Waals surface area contributed by atoms with Gasteiger partial charge in [-0.05, 0) is 25.0 Å². The van der Waals surface area contributed by atoms with E-state index in [1.54, 1.807) is 54.6 Å². The van der Waals surface area contributed by atoms with Crippen LogP contribution in [-0.4, -0.2) is 63.0 Å². The van der Waals surface area contributed by atoms with E-state index in [1.165, 1.54) is 6.33 Å². The van der Waals surface area contributed by atoms with Crippen LogP contribution in [0.2, 0.25) is 0 Å². The highest BCUT2D eigenvalue weighted by Crippen LogP contribution is 2.33. The van der Waals surface area contributed by atoms with Crippen LogP contribution in [0.3, 0.4) is 0 Å². The van der Waals surface area contributed by atoms with Crippen molar-refractivity contribution in [2.24, 2.45) is 0 Å². The van der Waals surface area contributed by atoms with E-state index in [9.17, 15) is 10.1 Å². The first-order valence-electron chi connectivity index (χ1n) is 11.3. The number of rotatable bonds is 3. The minimum atomic E-state index is -0.00953. The van der Waals surface area contributed by atoms with Crippen molar-refractivity contribution in [2.75, 3.05) is 13.1 Å². The first kappa shape index (κ1) is 20.9. The maximum Gasteiger partial charge on any atom is 0.219 e. The van der Waals surface area contributed by atoms with Gasteiger partial charge >= 0.3 is 0 Å². The number of likely N-dealkylation sites (tertiary alicyclic amines) is 1. The molecule has 0 saturated carbocycles. The lowest BCUT2D eigenvalue weighted by Gasteiger charge is -2.33. The van der Waals surface area contributed by atoms with E-state index in [-0.39, 0.29) is 11.9 Å². The molecule has 0 aromatic carbocycles. The van der Waals surface area contributed by atoms with E-state index in [0.29, 0.717) is 34.9 Å². The zero-order valence-electron chi connectivity index (χ0n) is 18.9. The highest BCUT2D eigenvalue weighted by molar-refractivity contribution is 5.82. The summed E-state index contributed by atoms with van der Waals surface area (Å²) >= 11 is 0. The fourth-order valence-corrected chi connectivity index (χ4v) is 4.66. The van der Waals surface area contributed by atoms with E-state index in [4.69, 9.17) is 9.97 Å². The number of aromatic nitrogens is 8. The van der Waals surface area contributed by atoms with Crippen molar-refractivity contribution in [1.29, 1.82) is 5.26 Å². The van der Waals surface area contributed by atoms with E-state index in [0.717, 1.165) is 36.0 Å². The molecule has 0 bridgehead atoms. The van der Waals surface area contributed by atoms with Crippen LogP contribution >= 0.6 is 0 Å². The summed E-state index contributed by atoms with van der Waals surface area (Å²) in [5.74, 6) is 1.23. The van der Waals surface area contributed by atoms with Gasteiger partial charge in [-0.2, -0.15) is 10.4 Å². The molecule has 1 atom stereocenters. The molecule has 0 spiro atoms. The Bertz CT molecular complexity index is 1610. The van der Waals surface area contributed by atoms with Crippen LogP contribution in [-0.2, 0) is 4.79 Å². The van der Waals surface area contributed by atoms with Gasteiger partial charge < -0.3 is 9.47 Å². The second-order valence-electron chi connectivity index (χ2n) is 8.51. The second kappa shape index (κ2) is 8.25. The highest BCUT2D eigenvalue weighted by Gasteiger charge is 2.28. The van der Waals surface area contributed by atoms with Gasteiger partial charge in [-0.3, -0.25) is 4.79 Å². The number of hydrogen-bond donors (Lipinski definition) is 0. The van der Waals surface area contributed by atoms with Gasteiger partial charge in [0, 0.05) is 38.6 Å². The summed E-state index contributed by atoms with van der Waals surface area (Å²) in [5, 5.41) is 13.7. The van der Waals surface area contributed by atoms with E-state index in [1.807, 2.05) is 4.90 Å². The summed E-state index contributed by atoms with van der Waals surface area (Å²) in [6.07, 6.45) is 11.8. The van der Waals surface area contributed by atoms with Gasteiger partial charge in [0.25, 0.3) is 0 Å². The van der Waals surface area contributed by atoms with Crippen LogP contribution in [0.5, 0.6) is 0 Å². The molecule has 11 nitrogen and oxygen atoms in total. The SMILES string of the molecule is CC(=O)N1CCCC(n2c(-c3cncnc3)nc3cnc(-c4cnn5ccc(C#N)cc45)nc32)C1. The topological polar surface area (TPSA) is 131 Å². The van der Waals surface area contributed by atoms with Crippen LogP contribution in [0.1, 0.15) is 31.4 Å². The van der Waals surface area contributed by atoms with Crippen LogP contribution in [0, 0.1) is 11.3 Å². The van der Waals surface area contributed by atoms with E-state index < -0.39 is 0 Å². The number of pyridine rings is 1. The molecule has 0 radical (unpaired) electrons. The molecule has 0 aliphatic carbocycles. The number of fused-ring (bicyclic) bond motifs is 2. The fourth-order valence-electron chi connectivity index (χ4n) is 4.66. The third-order valence-corrected chi connectivity index (χ3v) is 6.35. The third-order valence-electron chi connectivity index (χ3n) is 6.35. The second-order valence-corrected chi connectivity index (χ2v) is 8.51. The smallest absolute Gasteiger partial charge is 0.219 e. The van der Waals surface area contributed by atoms with E-state index >= 15 is 0 Å². The predicted molar refractivity (Wildman–Crippen MR) is 126 cm³/mol. The van der Waals surface area contributed by atoms with Crippen molar-refractivity contribution in [2.45, 2.75) is 25.8 Å². The molecule has 1 aliphatic rings. The number of nitrogens with zero attached hydrogens (tertiary/aromatic N) is 10. The van der Waals surface area contributed by atoms with Crippen molar-refractivity contribution >= 4 is 22.6 Å². The number of hydrogen-bond acceptors (Lipinski definition) is 8. The number of piperidine rings is 1. The molecule has 5 aromatic heterocycles. The first-order chi connectivity index (χ1) is 17.1. The highest BCUT2D eigenvalue weighted by atomic mass is 16.2. The van der Waals surface area contributed by atoms with Crippen LogP contribution < -0.4 is 0 Å². The number of carbonyl (C=O) groups excluding carboxylic acids is 1. The average molecular weight is 464 g/mol. The minimum absolute atomic E-state index is 0.00953. The van der Waals surface area contributed by atoms with Gasteiger partial charge in [0.05, 0.1) is 46.7 Å². The molecule has 1 saturated heterocycles. The van der Waals surface area contributed by atoms with Crippen molar-refractivity contribution in [3.8, 4) is 28.8 Å². The molecule has 172 valence electrons. The quantitative estimate of drug-likeness (QED) is 0.398. The van der Waals surface area contributed by atoms with E-state index in [2.05, 4.69) is 30.7 Å². The Labute approximate surface area is 199 Å². The van der Waals surface area contributed by atoms with Gasteiger partial charge in [-0.1, -0.05) is 0 Å². The lowest BCUT2D eigenvalue weighted by Crippen LogP contribution is -2.39. The van der Waals surface area contributed by atoms with Crippen molar-refractivity contribution in [3.05, 3.63) is 55.0 Å². The monoisotopic (exact) mass is 464 g/mol. The predicted octanol–water partition coefficient (Wildman–Crippen LogP) is 2.65. The molecule has 6 heterocycles. The molecular formula is C24H20N10O. The third kappa shape index (κ3) is 3.56. The van der Waals surface area contributed by atoms with Gasteiger partial charge in [0.2, 0.25) is 5.91 Å². The summed E-state index contributed by atoms with van der Waals surface area (Å²) in [5.41, 5.74) is 4.06. The molecule has 1 amide bonds. The van der Waals surface area contributed by atoms with Crippen LogP contribution in [0.15, 0.2) is 49.4 Å². The fraction of sp³-hybridized carbons (Fsp3) is 0.250. The Balaban J connectivity index is 1.55. The van der Waals surface area contributed by atoms with Gasteiger partial charge in [0.1, 0.15) is 17.7 Å². The lowest BCUT2D eigenvalue weighted by molar-refractivity contribution is -0.130. The number of nitriles is 1. The molecule has 11 heteroatoms. The molecular weight excluding hydrogens is 444 g/mol. The summed E-state index contributed by atoms with van der Waals surface area (Å²) in [7, 11) is 0. The van der Waals surface area contributed by atoms with Crippen molar-refractivity contribution in [1.82, 2.24) is 44.0 Å². The summed E-state index contributed by atoms with van der Waals surface area (Å²) < 4.78 is 3.78. The Morgan fingerprint density at radius 1 is 1.17 bits per heavy atom. The molecule has 0 N–H and O–H groups in total. The van der Waals surface area contributed by atoms with Gasteiger partial charge in [-0.25, -0.2) is 29.4 Å². The Morgan fingerprint density at radius 2 is 2.03 bits per heavy atom. The summed E-state index contributed by atoms with van der Waals surface area (Å²) in [6.45, 7) is 2.91. The minimum Gasteiger partial charge on any atom is -0.341 e. The molecule has 1 fully saturated rings. The average Bonchev–Trinajstić information content (AvgIpc) is 3.50. The van der Waals surface area contributed by atoms with Crippen molar-refractivity contribution < 1.29 is 4.79 Å². The van der Waals surface area contributed by atoms with Crippen LogP contribution in [0.25, 0.3) is 39.5 Å². The summed E-state index contributed by atoms with van der Waals surface area (Å²) in [4.78, 5) is 36.7. The van der Waals surface area contributed by atoms with Crippen LogP contribution in [0.4, 0.5) is 0 Å². The van der Waals surface area contributed by atoms with Gasteiger partial charge in [0.15, 0.2) is 11.5 Å². The summed E-state index contributed by atoms with van der Waals surface area (Å²) in [6, 6.07) is 5.63. The number of amides is 1. The lowest BCUT2D eigenvalue weighted by atomic mass is 10.0. The number of carbonyl (C=O) groups is 1. The first-order valence-corrected chi connectivity index (χ1v) is 11.3. The largest absolute Gasteiger partial charge is 0.341 e. The molecule has 6 rings (SSSR count). The van der Waals surface area contributed by atoms with Gasteiger partial charge in [-0.15, -0.1) is 0 Å². The Kier molecular flexibility index (Phi) is 4.92. The zero-order valence-corrected chi connectivity index (χ0v) is 18.9. The Morgan fingerprint density at radius 3 is 2.83 bits per heavy atom. The molecule has 1 aliphatic heterocycles. The maximum absolute atomic E-state index is 12.1. The standard InChI is InChI=1S/C24H20N10O/c1-15(35)32-5-2-3-18(13-32)34-23(17-9-26-14-27-10-17)30-20-12-28-22(31-24(20)34)19-11-29-33-6-4-16(8-25)7-21(19)33/h4,6-7,9-12,14,18H,2-3,5,13H2,1H3. The molecule has 5 aromatic rings. The Hall–Kier alpha value is -4.72. The number of imidazole rings is 1. The molecule has 35 heavy (non-hydrogen) atoms.